The number of hydrogen-bond donors (Lipinski definition) is 4. The van der Waals surface area contributed by atoms with Crippen molar-refractivity contribution in [1.29, 1.82) is 0 Å². The molecule has 2 atom stereocenters. The molecule has 1 aliphatic heterocycles. The maximum atomic E-state index is 12.0. The fourth-order valence-electron chi connectivity index (χ4n) is 2.42. The SMILES string of the molecule is CC1(CNC(=O)[C@@H](N)Cc2ccc(O)c(O)c2)CCCO1. The summed E-state index contributed by atoms with van der Waals surface area (Å²) in [5, 5.41) is 21.5. The Bertz CT molecular complexity index is 512. The second kappa shape index (κ2) is 6.32. The van der Waals surface area contributed by atoms with E-state index >= 15 is 0 Å². The lowest BCUT2D eigenvalue weighted by atomic mass is 10.0. The van der Waals surface area contributed by atoms with Crippen LogP contribution < -0.4 is 11.1 Å². The van der Waals surface area contributed by atoms with Crippen LogP contribution in [0.5, 0.6) is 11.5 Å². The van der Waals surface area contributed by atoms with E-state index in [9.17, 15) is 15.0 Å². The predicted molar refractivity (Wildman–Crippen MR) is 78.1 cm³/mol. The highest BCUT2D eigenvalue weighted by Gasteiger charge is 2.30. The third kappa shape index (κ3) is 4.09. The van der Waals surface area contributed by atoms with Gasteiger partial charge in [0.15, 0.2) is 11.5 Å². The van der Waals surface area contributed by atoms with Gasteiger partial charge in [-0.3, -0.25) is 4.79 Å². The van der Waals surface area contributed by atoms with Crippen LogP contribution in [0, 0.1) is 0 Å². The first-order valence-corrected chi connectivity index (χ1v) is 7.08. The number of phenolic OH excluding ortho intramolecular Hbond substituents is 2. The molecule has 5 N–H and O–H groups in total. The molecule has 0 bridgehead atoms. The largest absolute Gasteiger partial charge is 0.504 e. The highest BCUT2D eigenvalue weighted by molar-refractivity contribution is 5.81. The maximum absolute atomic E-state index is 12.0. The van der Waals surface area contributed by atoms with Gasteiger partial charge in [-0.2, -0.15) is 0 Å². The second-order valence-corrected chi connectivity index (χ2v) is 5.75. The average Bonchev–Trinajstić information content (AvgIpc) is 2.87. The number of rotatable bonds is 5. The number of amides is 1. The van der Waals surface area contributed by atoms with Gasteiger partial charge in [0.25, 0.3) is 0 Å². The molecule has 116 valence electrons. The van der Waals surface area contributed by atoms with Crippen LogP contribution in [0.4, 0.5) is 0 Å². The summed E-state index contributed by atoms with van der Waals surface area (Å²) in [5.74, 6) is -0.658. The lowest BCUT2D eigenvalue weighted by molar-refractivity contribution is -0.123. The van der Waals surface area contributed by atoms with E-state index in [-0.39, 0.29) is 29.4 Å². The van der Waals surface area contributed by atoms with Crippen LogP contribution in [0.3, 0.4) is 0 Å². The minimum atomic E-state index is -0.709. The summed E-state index contributed by atoms with van der Waals surface area (Å²) in [7, 11) is 0. The normalized spacial score (nSPS) is 23.0. The Balaban J connectivity index is 1.85. The van der Waals surface area contributed by atoms with Crippen molar-refractivity contribution >= 4 is 5.91 Å². The molecule has 1 aliphatic rings. The first-order chi connectivity index (χ1) is 9.89. The summed E-state index contributed by atoms with van der Waals surface area (Å²) in [4.78, 5) is 12.0. The number of nitrogens with one attached hydrogen (secondary N) is 1. The highest BCUT2D eigenvalue weighted by atomic mass is 16.5. The van der Waals surface area contributed by atoms with Crippen LogP contribution >= 0.6 is 0 Å². The molecule has 6 nitrogen and oxygen atoms in total. The Morgan fingerprint density at radius 1 is 1.48 bits per heavy atom. The number of hydrogen-bond acceptors (Lipinski definition) is 5. The van der Waals surface area contributed by atoms with Gasteiger partial charge >= 0.3 is 0 Å². The third-order valence-corrected chi connectivity index (χ3v) is 3.77. The molecule has 0 aliphatic carbocycles. The van der Waals surface area contributed by atoms with Crippen molar-refractivity contribution in [2.45, 2.75) is 37.8 Å². The van der Waals surface area contributed by atoms with Crippen molar-refractivity contribution in [3.05, 3.63) is 23.8 Å². The highest BCUT2D eigenvalue weighted by Crippen LogP contribution is 2.25. The van der Waals surface area contributed by atoms with Crippen molar-refractivity contribution in [2.75, 3.05) is 13.2 Å². The molecule has 21 heavy (non-hydrogen) atoms. The summed E-state index contributed by atoms with van der Waals surface area (Å²) in [6, 6.07) is 3.70. The monoisotopic (exact) mass is 294 g/mol. The van der Waals surface area contributed by atoms with Gasteiger partial charge < -0.3 is 26.0 Å². The first kappa shape index (κ1) is 15.6. The van der Waals surface area contributed by atoms with Crippen LogP contribution in [-0.2, 0) is 16.0 Å². The Kier molecular flexibility index (Phi) is 4.69. The molecule has 2 rings (SSSR count). The number of ether oxygens (including phenoxy) is 1. The topological polar surface area (TPSA) is 105 Å². The summed E-state index contributed by atoms with van der Waals surface area (Å²) < 4.78 is 5.60. The molecule has 0 saturated carbocycles. The van der Waals surface area contributed by atoms with Crippen molar-refractivity contribution in [1.82, 2.24) is 5.32 Å². The molecule has 1 aromatic carbocycles. The number of aromatic hydroxyl groups is 2. The molecule has 0 spiro atoms. The van der Waals surface area contributed by atoms with Crippen molar-refractivity contribution in [3.63, 3.8) is 0 Å². The molecule has 0 radical (unpaired) electrons. The molecule has 1 aromatic rings. The van der Waals surface area contributed by atoms with E-state index in [1.165, 1.54) is 12.1 Å². The fourth-order valence-corrected chi connectivity index (χ4v) is 2.42. The molecule has 1 heterocycles. The Morgan fingerprint density at radius 2 is 2.24 bits per heavy atom. The standard InChI is InChI=1S/C15H22N2O4/c1-15(5-2-6-21-15)9-17-14(20)11(16)7-10-3-4-12(18)13(19)8-10/h3-4,8,11,18-19H,2,5-7,9,16H2,1H3,(H,17,20)/t11-,15?/m0/s1. The number of carbonyl (C=O) groups is 1. The number of carbonyl (C=O) groups excluding carboxylic acids is 1. The average molecular weight is 294 g/mol. The van der Waals surface area contributed by atoms with E-state index in [4.69, 9.17) is 10.5 Å². The predicted octanol–water partition coefficient (Wildman–Crippen LogP) is 0.653. The van der Waals surface area contributed by atoms with Gasteiger partial charge in [-0.25, -0.2) is 0 Å². The van der Waals surface area contributed by atoms with Crippen LogP contribution in [0.15, 0.2) is 18.2 Å². The first-order valence-electron chi connectivity index (χ1n) is 7.08. The van der Waals surface area contributed by atoms with Gasteiger partial charge in [-0.1, -0.05) is 6.07 Å². The zero-order chi connectivity index (χ0) is 15.5. The molecule has 6 heteroatoms. The Hall–Kier alpha value is -1.79. The summed E-state index contributed by atoms with van der Waals surface area (Å²) >= 11 is 0. The van der Waals surface area contributed by atoms with E-state index in [2.05, 4.69) is 5.32 Å². The summed E-state index contributed by atoms with van der Waals surface area (Å²) in [6.07, 6.45) is 2.22. The van der Waals surface area contributed by atoms with E-state index in [1.54, 1.807) is 6.07 Å². The molecule has 1 unspecified atom stereocenters. The summed E-state index contributed by atoms with van der Waals surface area (Å²) in [6.45, 7) is 3.15. The maximum Gasteiger partial charge on any atom is 0.237 e. The summed E-state index contributed by atoms with van der Waals surface area (Å²) in [5.41, 5.74) is 6.26. The smallest absolute Gasteiger partial charge is 0.237 e. The van der Waals surface area contributed by atoms with Crippen LogP contribution in [0.2, 0.25) is 0 Å². The number of phenols is 2. The molecule has 1 fully saturated rings. The van der Waals surface area contributed by atoms with Gasteiger partial charge in [-0.05, 0) is 43.9 Å². The van der Waals surface area contributed by atoms with Gasteiger partial charge in [0.1, 0.15) is 0 Å². The van der Waals surface area contributed by atoms with Crippen molar-refractivity contribution < 1.29 is 19.7 Å². The van der Waals surface area contributed by atoms with Crippen molar-refractivity contribution in [2.24, 2.45) is 5.73 Å². The molecular formula is C15H22N2O4. The molecule has 1 amide bonds. The zero-order valence-electron chi connectivity index (χ0n) is 12.1. The van der Waals surface area contributed by atoms with Gasteiger partial charge in [0.05, 0.1) is 11.6 Å². The molecular weight excluding hydrogens is 272 g/mol. The van der Waals surface area contributed by atoms with Crippen LogP contribution in [-0.4, -0.2) is 40.9 Å². The van der Waals surface area contributed by atoms with Crippen molar-refractivity contribution in [3.8, 4) is 11.5 Å². The third-order valence-electron chi connectivity index (χ3n) is 3.77. The second-order valence-electron chi connectivity index (χ2n) is 5.75. The molecule has 1 saturated heterocycles. The number of benzene rings is 1. The van der Waals surface area contributed by atoms with Gasteiger partial charge in [-0.15, -0.1) is 0 Å². The van der Waals surface area contributed by atoms with E-state index in [1.807, 2.05) is 6.92 Å². The van der Waals surface area contributed by atoms with E-state index in [0.29, 0.717) is 12.1 Å². The van der Waals surface area contributed by atoms with Crippen LogP contribution in [0.1, 0.15) is 25.3 Å². The minimum Gasteiger partial charge on any atom is -0.504 e. The van der Waals surface area contributed by atoms with Crippen LogP contribution in [0.25, 0.3) is 0 Å². The lowest BCUT2D eigenvalue weighted by Crippen LogP contribution is -2.47. The quantitative estimate of drug-likeness (QED) is 0.597. The van der Waals surface area contributed by atoms with Gasteiger partial charge in [0.2, 0.25) is 5.91 Å². The lowest BCUT2D eigenvalue weighted by Gasteiger charge is -2.24. The fraction of sp³-hybridized carbons (Fsp3) is 0.533. The Labute approximate surface area is 123 Å². The van der Waals surface area contributed by atoms with E-state index in [0.717, 1.165) is 19.4 Å². The zero-order valence-corrected chi connectivity index (χ0v) is 12.1. The number of nitrogens with two attached hydrogens (primary N) is 1. The van der Waals surface area contributed by atoms with E-state index < -0.39 is 6.04 Å². The minimum absolute atomic E-state index is 0.192. The Morgan fingerprint density at radius 3 is 2.86 bits per heavy atom. The van der Waals surface area contributed by atoms with Gasteiger partial charge in [0, 0.05) is 13.2 Å². The molecule has 0 aromatic heterocycles.